The van der Waals surface area contributed by atoms with Crippen molar-refractivity contribution in [1.29, 1.82) is 0 Å². The molecule has 136 valence electrons. The number of hydrogen-bond acceptors (Lipinski definition) is 6. The molecule has 1 saturated carbocycles. The summed E-state index contributed by atoms with van der Waals surface area (Å²) >= 11 is 1.45. The highest BCUT2D eigenvalue weighted by molar-refractivity contribution is 7.15. The first-order chi connectivity index (χ1) is 11.7. The Morgan fingerprint density at radius 2 is 2.12 bits per heavy atom. The molecular formula is C16H29N5O2S. The molecule has 0 saturated heterocycles. The number of likely N-dealkylation sites (N-methyl/N-ethyl adjacent to an activating group) is 1. The molecule has 2 N–H and O–H groups in total. The zero-order valence-electron chi connectivity index (χ0n) is 14.9. The smallest absolute Gasteiger partial charge is 0.321 e. The van der Waals surface area contributed by atoms with Crippen LogP contribution in [0.25, 0.3) is 0 Å². The summed E-state index contributed by atoms with van der Waals surface area (Å²) in [5, 5.41) is 15.6. The van der Waals surface area contributed by atoms with Crippen molar-refractivity contribution in [2.24, 2.45) is 5.92 Å². The number of aromatic nitrogens is 2. The zero-order chi connectivity index (χ0) is 17.4. The van der Waals surface area contributed by atoms with Crippen LogP contribution in [0.3, 0.4) is 0 Å². The highest BCUT2D eigenvalue weighted by Crippen LogP contribution is 2.26. The van der Waals surface area contributed by atoms with Gasteiger partial charge in [0, 0.05) is 32.0 Å². The predicted octanol–water partition coefficient (Wildman–Crippen LogP) is 2.36. The molecule has 1 aliphatic rings. The van der Waals surface area contributed by atoms with Crippen LogP contribution in [-0.4, -0.2) is 60.5 Å². The highest BCUT2D eigenvalue weighted by atomic mass is 32.1. The molecule has 8 heteroatoms. The van der Waals surface area contributed by atoms with Crippen LogP contribution >= 0.6 is 11.3 Å². The summed E-state index contributed by atoms with van der Waals surface area (Å²) in [4.78, 5) is 14.5. The second-order valence-electron chi connectivity index (χ2n) is 6.13. The third kappa shape index (κ3) is 5.68. The lowest BCUT2D eigenvalue weighted by Crippen LogP contribution is -2.41. The van der Waals surface area contributed by atoms with Gasteiger partial charge in [-0.05, 0) is 25.9 Å². The first kappa shape index (κ1) is 19.1. The Morgan fingerprint density at radius 1 is 1.33 bits per heavy atom. The van der Waals surface area contributed by atoms with E-state index in [1.807, 2.05) is 0 Å². The van der Waals surface area contributed by atoms with Gasteiger partial charge in [-0.15, -0.1) is 10.2 Å². The maximum absolute atomic E-state index is 12.2. The minimum Gasteiger partial charge on any atom is -0.384 e. The lowest BCUT2D eigenvalue weighted by molar-refractivity contribution is 0.142. The molecule has 7 nitrogen and oxygen atoms in total. The second-order valence-corrected chi connectivity index (χ2v) is 7.19. The molecule has 24 heavy (non-hydrogen) atoms. The van der Waals surface area contributed by atoms with Gasteiger partial charge in [0.15, 0.2) is 0 Å². The van der Waals surface area contributed by atoms with Crippen LogP contribution in [0, 0.1) is 5.92 Å². The second kappa shape index (κ2) is 9.90. The van der Waals surface area contributed by atoms with E-state index in [9.17, 15) is 4.79 Å². The molecule has 0 aliphatic heterocycles. The van der Waals surface area contributed by atoms with E-state index in [0.717, 1.165) is 50.3 Å². The van der Waals surface area contributed by atoms with Gasteiger partial charge in [-0.3, -0.25) is 5.32 Å². The molecule has 0 bridgehead atoms. The largest absolute Gasteiger partial charge is 0.384 e. The summed E-state index contributed by atoms with van der Waals surface area (Å²) in [7, 11) is 1.70. The lowest BCUT2D eigenvalue weighted by Gasteiger charge is -2.19. The molecule has 0 aromatic carbocycles. The molecule has 2 rings (SSSR count). The van der Waals surface area contributed by atoms with Gasteiger partial charge >= 0.3 is 6.03 Å². The molecule has 0 spiro atoms. The normalized spacial score (nSPS) is 20.5. The van der Waals surface area contributed by atoms with Gasteiger partial charge in [-0.1, -0.05) is 31.6 Å². The molecule has 1 fully saturated rings. The number of nitrogens with one attached hydrogen (secondary N) is 2. The van der Waals surface area contributed by atoms with Crippen molar-refractivity contribution in [2.75, 3.05) is 38.7 Å². The monoisotopic (exact) mass is 355 g/mol. The number of hydrogen-bond donors (Lipinski definition) is 2. The predicted molar refractivity (Wildman–Crippen MR) is 96.6 cm³/mol. The number of ether oxygens (including phenoxy) is 1. The van der Waals surface area contributed by atoms with Crippen molar-refractivity contribution < 1.29 is 9.53 Å². The van der Waals surface area contributed by atoms with Crippen molar-refractivity contribution in [3.8, 4) is 0 Å². The average Bonchev–Trinajstić information content (AvgIpc) is 3.19. The van der Waals surface area contributed by atoms with Crippen molar-refractivity contribution >= 4 is 22.5 Å². The molecular weight excluding hydrogens is 326 g/mol. The van der Waals surface area contributed by atoms with E-state index < -0.39 is 0 Å². The molecule has 1 aromatic heterocycles. The summed E-state index contributed by atoms with van der Waals surface area (Å²) in [5.74, 6) is 0.403. The van der Waals surface area contributed by atoms with Crippen LogP contribution in [0.1, 0.15) is 38.1 Å². The summed E-state index contributed by atoms with van der Waals surface area (Å²) < 4.78 is 5.23. The van der Waals surface area contributed by atoms with E-state index in [2.05, 4.69) is 39.6 Å². The SMILES string of the molecule is CCN(CC)CCc1nnc(NC(=O)N[C@H]2CCC[C@H]2COC)s1. The summed E-state index contributed by atoms with van der Waals surface area (Å²) in [6, 6.07) is -0.0190. The minimum absolute atomic E-state index is 0.181. The lowest BCUT2D eigenvalue weighted by atomic mass is 10.1. The van der Waals surface area contributed by atoms with Crippen molar-refractivity contribution in [2.45, 2.75) is 45.6 Å². The standard InChI is InChI=1S/C16H29N5O2S/c1-4-21(5-2)10-9-14-19-20-16(24-14)18-15(22)17-13-8-6-7-12(13)11-23-3/h12-13H,4-11H2,1-3H3,(H2,17,18,20,22)/t12-,13-/m0/s1. The fraction of sp³-hybridized carbons (Fsp3) is 0.812. The van der Waals surface area contributed by atoms with Crippen molar-refractivity contribution in [1.82, 2.24) is 20.4 Å². The Hall–Kier alpha value is -1.25. The van der Waals surface area contributed by atoms with Gasteiger partial charge in [0.2, 0.25) is 5.13 Å². The van der Waals surface area contributed by atoms with E-state index in [0.29, 0.717) is 17.7 Å². The van der Waals surface area contributed by atoms with Crippen LogP contribution in [-0.2, 0) is 11.2 Å². The summed E-state index contributed by atoms with van der Waals surface area (Å²) in [5.41, 5.74) is 0. The van der Waals surface area contributed by atoms with E-state index in [4.69, 9.17) is 4.74 Å². The van der Waals surface area contributed by atoms with Gasteiger partial charge in [0.1, 0.15) is 5.01 Å². The first-order valence-electron chi connectivity index (χ1n) is 8.77. The Kier molecular flexibility index (Phi) is 7.87. The van der Waals surface area contributed by atoms with E-state index in [1.165, 1.54) is 11.3 Å². The van der Waals surface area contributed by atoms with Gasteiger partial charge in [0.25, 0.3) is 0 Å². The maximum atomic E-state index is 12.2. The average molecular weight is 356 g/mol. The van der Waals surface area contributed by atoms with Crippen LogP contribution in [0.4, 0.5) is 9.93 Å². The molecule has 1 aromatic rings. The van der Waals surface area contributed by atoms with Crippen molar-refractivity contribution in [3.63, 3.8) is 0 Å². The first-order valence-corrected chi connectivity index (χ1v) is 9.59. The topological polar surface area (TPSA) is 79.4 Å². The molecule has 0 radical (unpaired) electrons. The third-order valence-electron chi connectivity index (χ3n) is 4.58. The summed E-state index contributed by atoms with van der Waals surface area (Å²) in [6.45, 7) is 8.04. The van der Waals surface area contributed by atoms with Crippen LogP contribution in [0.15, 0.2) is 0 Å². The Morgan fingerprint density at radius 3 is 2.83 bits per heavy atom. The van der Waals surface area contributed by atoms with Crippen LogP contribution in [0.5, 0.6) is 0 Å². The Labute approximate surface area is 148 Å². The molecule has 0 unspecified atom stereocenters. The van der Waals surface area contributed by atoms with Gasteiger partial charge in [-0.25, -0.2) is 4.79 Å². The zero-order valence-corrected chi connectivity index (χ0v) is 15.7. The number of carbonyl (C=O) groups excluding carboxylic acids is 1. The number of urea groups is 1. The maximum Gasteiger partial charge on any atom is 0.321 e. The van der Waals surface area contributed by atoms with Crippen LogP contribution < -0.4 is 10.6 Å². The van der Waals surface area contributed by atoms with E-state index >= 15 is 0 Å². The minimum atomic E-state index is -0.200. The third-order valence-corrected chi connectivity index (χ3v) is 5.48. The number of carbonyl (C=O) groups is 1. The quantitative estimate of drug-likeness (QED) is 0.711. The van der Waals surface area contributed by atoms with Gasteiger partial charge < -0.3 is 15.0 Å². The van der Waals surface area contributed by atoms with Gasteiger partial charge in [-0.2, -0.15) is 0 Å². The van der Waals surface area contributed by atoms with Gasteiger partial charge in [0.05, 0.1) is 6.61 Å². The fourth-order valence-corrected chi connectivity index (χ4v) is 3.86. The number of nitrogens with zero attached hydrogens (tertiary/aromatic N) is 3. The Bertz CT molecular complexity index is 506. The fourth-order valence-electron chi connectivity index (χ4n) is 3.14. The van der Waals surface area contributed by atoms with E-state index in [-0.39, 0.29) is 12.1 Å². The molecule has 1 aliphatic carbocycles. The summed E-state index contributed by atoms with van der Waals surface area (Å²) in [6.07, 6.45) is 4.11. The number of amides is 2. The molecule has 2 atom stereocenters. The van der Waals surface area contributed by atoms with Crippen LogP contribution in [0.2, 0.25) is 0 Å². The number of methoxy groups -OCH3 is 1. The van der Waals surface area contributed by atoms with Crippen molar-refractivity contribution in [3.05, 3.63) is 5.01 Å². The molecule has 1 heterocycles. The molecule has 2 amide bonds. The van der Waals surface area contributed by atoms with E-state index in [1.54, 1.807) is 7.11 Å². The number of rotatable bonds is 9. The highest BCUT2D eigenvalue weighted by Gasteiger charge is 2.28. The number of anilines is 1. The Balaban J connectivity index is 1.78.